The van der Waals surface area contributed by atoms with Gasteiger partial charge in [0.1, 0.15) is 0 Å². The number of ketones is 2. The minimum atomic E-state index is -0.000370. The summed E-state index contributed by atoms with van der Waals surface area (Å²) < 4.78 is 0.917. The quantitative estimate of drug-likeness (QED) is 0.575. The second kappa shape index (κ2) is 3.48. The van der Waals surface area contributed by atoms with Crippen LogP contribution in [0.1, 0.15) is 36.7 Å². The molecule has 0 saturated carbocycles. The molecule has 2 aromatic heterocycles. The zero-order valence-electron chi connectivity index (χ0n) is 8.17. The van der Waals surface area contributed by atoms with Crippen molar-refractivity contribution in [2.45, 2.75) is 6.92 Å². The third-order valence-corrected chi connectivity index (χ3v) is 5.48. The topological polar surface area (TPSA) is 34.1 Å². The zero-order valence-corrected chi connectivity index (χ0v) is 12.0. The number of aryl methyl sites for hydroxylation is 1. The Morgan fingerprint density at radius 2 is 1.62 bits per heavy atom. The zero-order chi connectivity index (χ0) is 11.4. The maximum absolute atomic E-state index is 12.2. The maximum atomic E-state index is 12.2. The van der Waals surface area contributed by atoms with Gasteiger partial charge >= 0.3 is 0 Å². The summed E-state index contributed by atoms with van der Waals surface area (Å²) in [5, 5.41) is 3.53. The van der Waals surface area contributed by atoms with Crippen LogP contribution in [0, 0.1) is 9.81 Å². The van der Waals surface area contributed by atoms with Gasteiger partial charge in [-0.25, -0.2) is 0 Å². The minimum absolute atomic E-state index is 0.000370. The number of carbonyl (C=O) groups is 2. The van der Waals surface area contributed by atoms with Crippen LogP contribution < -0.4 is 0 Å². The highest BCUT2D eigenvalue weighted by atomic mass is 127. The summed E-state index contributed by atoms with van der Waals surface area (Å²) in [7, 11) is 0. The van der Waals surface area contributed by atoms with Crippen molar-refractivity contribution in [3.8, 4) is 0 Å². The fourth-order valence-corrected chi connectivity index (χ4v) is 5.08. The molecule has 0 N–H and O–H groups in total. The fourth-order valence-electron chi connectivity index (χ4n) is 1.91. The predicted molar refractivity (Wildman–Crippen MR) is 73.0 cm³/mol. The number of rotatable bonds is 0. The van der Waals surface area contributed by atoms with Crippen molar-refractivity contribution in [2.24, 2.45) is 0 Å². The molecule has 0 atom stereocenters. The lowest BCUT2D eigenvalue weighted by atomic mass is 9.88. The van der Waals surface area contributed by atoms with Crippen LogP contribution in [0.15, 0.2) is 10.8 Å². The Morgan fingerprint density at radius 1 is 1.06 bits per heavy atom. The monoisotopic (exact) mass is 360 g/mol. The van der Waals surface area contributed by atoms with Gasteiger partial charge in [0.25, 0.3) is 0 Å². The first-order valence-electron chi connectivity index (χ1n) is 4.55. The number of fused-ring (bicyclic) bond motifs is 2. The fraction of sp³-hybridized carbons (Fsp3) is 0.0909. The lowest BCUT2D eigenvalue weighted by Gasteiger charge is -2.11. The van der Waals surface area contributed by atoms with E-state index in [9.17, 15) is 9.59 Å². The Hall–Kier alpha value is -0.530. The molecule has 0 spiro atoms. The smallest absolute Gasteiger partial charge is 0.197 e. The van der Waals surface area contributed by atoms with Crippen molar-refractivity contribution < 1.29 is 9.59 Å². The Bertz CT molecular complexity index is 585. The number of carbonyl (C=O) groups excluding carboxylic acids is 2. The molecule has 5 heteroatoms. The van der Waals surface area contributed by atoms with Crippen LogP contribution in [0.3, 0.4) is 0 Å². The summed E-state index contributed by atoms with van der Waals surface area (Å²) in [6.45, 7) is 1.90. The highest BCUT2D eigenvalue weighted by molar-refractivity contribution is 14.1. The molecule has 0 radical (unpaired) electrons. The van der Waals surface area contributed by atoms with Gasteiger partial charge in [0.2, 0.25) is 0 Å². The second-order valence-electron chi connectivity index (χ2n) is 3.54. The Morgan fingerprint density at radius 3 is 2.25 bits per heavy atom. The number of halogens is 1. The maximum Gasteiger partial charge on any atom is 0.197 e. The molecule has 3 rings (SSSR count). The molecule has 0 unspecified atom stereocenters. The van der Waals surface area contributed by atoms with E-state index in [1.807, 2.05) is 6.92 Å². The van der Waals surface area contributed by atoms with E-state index >= 15 is 0 Å². The molecule has 0 bridgehead atoms. The van der Waals surface area contributed by atoms with Gasteiger partial charge in [-0.3, -0.25) is 9.59 Å². The second-order valence-corrected chi connectivity index (χ2v) is 7.32. The summed E-state index contributed by atoms with van der Waals surface area (Å²) >= 11 is 5.06. The summed E-state index contributed by atoms with van der Waals surface area (Å²) in [6.07, 6.45) is 0. The van der Waals surface area contributed by atoms with Gasteiger partial charge in [0.15, 0.2) is 11.6 Å². The van der Waals surface area contributed by atoms with Crippen LogP contribution in [0.4, 0.5) is 0 Å². The molecule has 16 heavy (non-hydrogen) atoms. The van der Waals surface area contributed by atoms with Crippen molar-refractivity contribution in [1.29, 1.82) is 0 Å². The number of hydrogen-bond donors (Lipinski definition) is 0. The van der Waals surface area contributed by atoms with Crippen LogP contribution in [0.25, 0.3) is 0 Å². The Labute approximate surface area is 113 Å². The van der Waals surface area contributed by atoms with Crippen molar-refractivity contribution in [1.82, 2.24) is 0 Å². The highest BCUT2D eigenvalue weighted by Gasteiger charge is 2.34. The number of hydrogen-bond acceptors (Lipinski definition) is 4. The average Bonchev–Trinajstić information content (AvgIpc) is 2.80. The first-order chi connectivity index (χ1) is 7.61. The van der Waals surface area contributed by atoms with Gasteiger partial charge in [0.05, 0.1) is 8.45 Å². The molecule has 0 fully saturated rings. The minimum Gasteiger partial charge on any atom is -0.288 e. The highest BCUT2D eigenvalue weighted by Crippen LogP contribution is 2.38. The molecule has 1 aliphatic carbocycles. The third kappa shape index (κ3) is 1.22. The van der Waals surface area contributed by atoms with Gasteiger partial charge < -0.3 is 0 Å². The summed E-state index contributed by atoms with van der Waals surface area (Å²) in [4.78, 5) is 25.4. The normalized spacial score (nSPS) is 13.9. The predicted octanol–water partition coefficient (Wildman–Crippen LogP) is 3.50. The molecule has 0 saturated heterocycles. The Kier molecular flexibility index (Phi) is 2.31. The van der Waals surface area contributed by atoms with E-state index in [0.29, 0.717) is 22.3 Å². The molecule has 2 nitrogen and oxygen atoms in total. The van der Waals surface area contributed by atoms with E-state index in [-0.39, 0.29) is 11.6 Å². The van der Waals surface area contributed by atoms with Crippen LogP contribution in [0.5, 0.6) is 0 Å². The number of thiophene rings is 2. The largest absolute Gasteiger partial charge is 0.288 e. The molecule has 0 aliphatic heterocycles. The lowest BCUT2D eigenvalue weighted by molar-refractivity contribution is 0.0980. The van der Waals surface area contributed by atoms with Gasteiger partial charge in [-0.05, 0) is 29.5 Å². The average molecular weight is 360 g/mol. The third-order valence-electron chi connectivity index (χ3n) is 2.65. The van der Waals surface area contributed by atoms with Crippen LogP contribution in [-0.4, -0.2) is 11.6 Å². The van der Waals surface area contributed by atoms with Crippen LogP contribution in [-0.2, 0) is 0 Å². The van der Waals surface area contributed by atoms with E-state index < -0.39 is 0 Å². The lowest BCUT2D eigenvalue weighted by Crippen LogP contribution is -2.18. The van der Waals surface area contributed by atoms with Gasteiger partial charge in [-0.2, -0.15) is 11.3 Å². The molecule has 2 aromatic rings. The molecule has 0 amide bonds. The van der Waals surface area contributed by atoms with E-state index in [2.05, 4.69) is 22.6 Å². The molecule has 80 valence electrons. The van der Waals surface area contributed by atoms with E-state index in [4.69, 9.17) is 0 Å². The van der Waals surface area contributed by atoms with Crippen molar-refractivity contribution in [2.75, 3.05) is 0 Å². The van der Waals surface area contributed by atoms with Crippen molar-refractivity contribution in [3.63, 3.8) is 0 Å². The van der Waals surface area contributed by atoms with Crippen molar-refractivity contribution in [3.05, 3.63) is 40.8 Å². The summed E-state index contributed by atoms with van der Waals surface area (Å²) in [5.74, 6) is 0.00196. The summed E-state index contributed by atoms with van der Waals surface area (Å²) in [6, 6.07) is 0. The van der Waals surface area contributed by atoms with E-state index in [0.717, 1.165) is 7.76 Å². The van der Waals surface area contributed by atoms with Crippen LogP contribution >= 0.6 is 45.3 Å². The van der Waals surface area contributed by atoms with E-state index in [1.165, 1.54) is 22.7 Å². The van der Waals surface area contributed by atoms with Gasteiger partial charge in [0, 0.05) is 32.3 Å². The molecular weight excluding hydrogens is 355 g/mol. The molecule has 1 aliphatic rings. The first kappa shape index (κ1) is 10.6. The van der Waals surface area contributed by atoms with E-state index in [1.54, 1.807) is 10.8 Å². The molecular formula is C11H5IO2S2. The van der Waals surface area contributed by atoms with Crippen LogP contribution in [0.2, 0.25) is 0 Å². The van der Waals surface area contributed by atoms with Crippen molar-refractivity contribution >= 4 is 56.8 Å². The molecule has 0 aromatic carbocycles. The molecule has 2 heterocycles. The van der Waals surface area contributed by atoms with Gasteiger partial charge in [-0.15, -0.1) is 11.3 Å². The summed E-state index contributed by atoms with van der Waals surface area (Å²) in [5.41, 5.74) is 2.36. The SMILES string of the molecule is Cc1sc(I)c2c1C(=O)c1cscc1C2=O. The Balaban J connectivity index is 2.40. The van der Waals surface area contributed by atoms with Gasteiger partial charge in [-0.1, -0.05) is 0 Å². The standard InChI is InChI=1S/C11H5IO2S2/c1-4-7-8(11(12)16-4)10(14)6-3-15-2-5(6)9(7)13/h2-3H,1H3. The first-order valence-corrected chi connectivity index (χ1v) is 7.39.